The highest BCUT2D eigenvalue weighted by atomic mass is 16.5. The average molecular weight is 600 g/mol. The van der Waals surface area contributed by atoms with Crippen molar-refractivity contribution >= 4 is 11.8 Å². The molecule has 0 radical (unpaired) electrons. The van der Waals surface area contributed by atoms with Crippen LogP contribution in [0.3, 0.4) is 0 Å². The second kappa shape index (κ2) is 13.9. The number of benzene rings is 3. The maximum absolute atomic E-state index is 13.8. The van der Waals surface area contributed by atoms with Crippen LogP contribution in [0.2, 0.25) is 0 Å². The SMILES string of the molecule is CC(C)(C)NC(=O)C1C[C@H](Oc2ccccc2)CN1C[C@@H](O)C[C@@H](Cc1ccccc1)C(=O)NC1c2ccccc2C[C@@H]1O. The quantitative estimate of drug-likeness (QED) is 0.267. The summed E-state index contributed by atoms with van der Waals surface area (Å²) >= 11 is 0. The van der Waals surface area contributed by atoms with E-state index in [1.165, 1.54) is 0 Å². The van der Waals surface area contributed by atoms with Gasteiger partial charge in [-0.1, -0.05) is 72.8 Å². The van der Waals surface area contributed by atoms with Crippen molar-refractivity contribution in [3.8, 4) is 5.75 Å². The van der Waals surface area contributed by atoms with Crippen LogP contribution in [0.1, 0.15) is 56.3 Å². The molecule has 0 saturated carbocycles. The highest BCUT2D eigenvalue weighted by Crippen LogP contribution is 2.32. The van der Waals surface area contributed by atoms with Crippen LogP contribution in [0.15, 0.2) is 84.9 Å². The zero-order valence-electron chi connectivity index (χ0n) is 25.9. The van der Waals surface area contributed by atoms with Crippen molar-refractivity contribution in [1.82, 2.24) is 15.5 Å². The smallest absolute Gasteiger partial charge is 0.237 e. The maximum atomic E-state index is 13.8. The number of amides is 2. The van der Waals surface area contributed by atoms with E-state index in [-0.39, 0.29) is 30.9 Å². The number of aliphatic hydroxyl groups excluding tert-OH is 2. The topological polar surface area (TPSA) is 111 Å². The molecule has 234 valence electrons. The van der Waals surface area contributed by atoms with Crippen molar-refractivity contribution in [1.29, 1.82) is 0 Å². The van der Waals surface area contributed by atoms with Gasteiger partial charge >= 0.3 is 0 Å². The predicted molar refractivity (Wildman–Crippen MR) is 170 cm³/mol. The van der Waals surface area contributed by atoms with Gasteiger partial charge in [0.15, 0.2) is 0 Å². The molecule has 0 bridgehead atoms. The van der Waals surface area contributed by atoms with Crippen molar-refractivity contribution in [2.24, 2.45) is 5.92 Å². The zero-order chi connectivity index (χ0) is 31.3. The number of carbonyl (C=O) groups is 2. The number of para-hydroxylation sites is 1. The van der Waals surface area contributed by atoms with E-state index in [2.05, 4.69) is 10.6 Å². The third-order valence-corrected chi connectivity index (χ3v) is 8.41. The molecule has 3 aromatic rings. The van der Waals surface area contributed by atoms with Gasteiger partial charge in [0.05, 0.1) is 24.3 Å². The van der Waals surface area contributed by atoms with E-state index >= 15 is 0 Å². The van der Waals surface area contributed by atoms with Gasteiger partial charge < -0.3 is 25.6 Å². The zero-order valence-corrected chi connectivity index (χ0v) is 25.9. The van der Waals surface area contributed by atoms with Crippen LogP contribution >= 0.6 is 0 Å². The van der Waals surface area contributed by atoms with Crippen molar-refractivity contribution in [3.05, 3.63) is 102 Å². The standard InChI is InChI=1S/C36H45N3O5/c1-36(2,3)38-35(43)31-21-29(44-28-15-8-5-9-16-28)23-39(31)22-27(40)19-26(18-24-12-6-4-7-13-24)34(42)37-33-30-17-11-10-14-25(30)20-32(33)41/h4-17,26-27,29,31-33,40-41H,18-23H2,1-3H3,(H,37,42)(H,38,43)/t26-,27+,29+,31?,32+,33?/m1/s1. The molecule has 1 fully saturated rings. The summed E-state index contributed by atoms with van der Waals surface area (Å²) in [5, 5.41) is 28.4. The molecule has 1 heterocycles. The summed E-state index contributed by atoms with van der Waals surface area (Å²) < 4.78 is 6.22. The van der Waals surface area contributed by atoms with Gasteiger partial charge in [0.2, 0.25) is 11.8 Å². The Morgan fingerprint density at radius 2 is 1.64 bits per heavy atom. The Morgan fingerprint density at radius 3 is 2.34 bits per heavy atom. The van der Waals surface area contributed by atoms with E-state index in [4.69, 9.17) is 4.74 Å². The van der Waals surface area contributed by atoms with E-state index in [0.29, 0.717) is 25.8 Å². The summed E-state index contributed by atoms with van der Waals surface area (Å²) in [4.78, 5) is 29.1. The van der Waals surface area contributed by atoms with Gasteiger partial charge in [-0.25, -0.2) is 0 Å². The first kappa shape index (κ1) is 31.7. The Balaban J connectivity index is 1.30. The Bertz CT molecular complexity index is 1390. The molecule has 2 unspecified atom stereocenters. The summed E-state index contributed by atoms with van der Waals surface area (Å²) in [5.74, 6) is -0.1000. The molecule has 6 atom stereocenters. The number of rotatable bonds is 11. The van der Waals surface area contributed by atoms with E-state index in [0.717, 1.165) is 22.4 Å². The van der Waals surface area contributed by atoms with Gasteiger partial charge in [0.1, 0.15) is 11.9 Å². The second-order valence-electron chi connectivity index (χ2n) is 13.2. The number of hydrogen-bond acceptors (Lipinski definition) is 6. The minimum absolute atomic E-state index is 0.101. The van der Waals surface area contributed by atoms with Gasteiger partial charge in [-0.3, -0.25) is 14.5 Å². The fraction of sp³-hybridized carbons (Fsp3) is 0.444. The molecular formula is C36H45N3O5. The fourth-order valence-electron chi connectivity index (χ4n) is 6.44. The van der Waals surface area contributed by atoms with Crippen LogP contribution in [0.4, 0.5) is 0 Å². The molecule has 0 spiro atoms. The second-order valence-corrected chi connectivity index (χ2v) is 13.2. The lowest BCUT2D eigenvalue weighted by Gasteiger charge is -2.30. The van der Waals surface area contributed by atoms with E-state index in [1.807, 2.05) is 111 Å². The first-order valence-corrected chi connectivity index (χ1v) is 15.6. The summed E-state index contributed by atoms with van der Waals surface area (Å²) in [7, 11) is 0. The molecule has 8 heteroatoms. The molecule has 1 aliphatic heterocycles. The monoisotopic (exact) mass is 599 g/mol. The summed E-state index contributed by atoms with van der Waals surface area (Å²) in [6.07, 6.45) is -0.139. The number of likely N-dealkylation sites (tertiary alicyclic amines) is 1. The first-order valence-electron chi connectivity index (χ1n) is 15.6. The third kappa shape index (κ3) is 8.25. The van der Waals surface area contributed by atoms with Gasteiger partial charge in [0.25, 0.3) is 0 Å². The van der Waals surface area contributed by atoms with Gasteiger partial charge in [-0.2, -0.15) is 0 Å². The highest BCUT2D eigenvalue weighted by molar-refractivity contribution is 5.83. The predicted octanol–water partition coefficient (Wildman–Crippen LogP) is 3.81. The lowest BCUT2D eigenvalue weighted by molar-refractivity contribution is -0.129. The van der Waals surface area contributed by atoms with Crippen LogP contribution in [-0.4, -0.2) is 69.9 Å². The van der Waals surface area contributed by atoms with Crippen LogP contribution in [0, 0.1) is 5.92 Å². The number of nitrogens with one attached hydrogen (secondary N) is 2. The number of ether oxygens (including phenoxy) is 1. The number of hydrogen-bond donors (Lipinski definition) is 4. The molecule has 2 amide bonds. The fourth-order valence-corrected chi connectivity index (χ4v) is 6.44. The normalized spacial score (nSPS) is 23.0. The molecule has 8 nitrogen and oxygen atoms in total. The number of β-amino-alcohol motifs (C(OH)–C–C–N with tert-alkyl or cyclic N) is 1. The molecule has 1 aliphatic carbocycles. The van der Waals surface area contributed by atoms with Crippen LogP contribution in [-0.2, 0) is 22.4 Å². The molecule has 44 heavy (non-hydrogen) atoms. The first-order chi connectivity index (χ1) is 21.1. The molecule has 4 N–H and O–H groups in total. The minimum atomic E-state index is -0.865. The lowest BCUT2D eigenvalue weighted by atomic mass is 9.91. The molecule has 2 aliphatic rings. The Hall–Kier alpha value is -3.72. The summed E-state index contributed by atoms with van der Waals surface area (Å²) in [5.41, 5.74) is 2.56. The van der Waals surface area contributed by atoms with Gasteiger partial charge in [0, 0.05) is 37.4 Å². The Kier molecular flexibility index (Phi) is 10.0. The average Bonchev–Trinajstić information content (AvgIpc) is 3.52. The van der Waals surface area contributed by atoms with E-state index < -0.39 is 35.7 Å². The number of aliphatic hydroxyl groups is 2. The number of fused-ring (bicyclic) bond motifs is 1. The summed E-state index contributed by atoms with van der Waals surface area (Å²) in [6.45, 7) is 6.55. The lowest BCUT2D eigenvalue weighted by Crippen LogP contribution is -2.51. The van der Waals surface area contributed by atoms with E-state index in [9.17, 15) is 19.8 Å². The van der Waals surface area contributed by atoms with Crippen molar-refractivity contribution in [3.63, 3.8) is 0 Å². The third-order valence-electron chi connectivity index (χ3n) is 8.41. The van der Waals surface area contributed by atoms with Crippen LogP contribution in [0.25, 0.3) is 0 Å². The summed E-state index contributed by atoms with van der Waals surface area (Å²) in [6, 6.07) is 26.1. The highest BCUT2D eigenvalue weighted by Gasteiger charge is 2.40. The van der Waals surface area contributed by atoms with Gasteiger partial charge in [-0.05, 0) is 62.4 Å². The minimum Gasteiger partial charge on any atom is -0.489 e. The molecule has 3 aromatic carbocycles. The Morgan fingerprint density at radius 1 is 0.977 bits per heavy atom. The van der Waals surface area contributed by atoms with Crippen LogP contribution < -0.4 is 15.4 Å². The number of carbonyl (C=O) groups excluding carboxylic acids is 2. The molecular weight excluding hydrogens is 554 g/mol. The molecule has 1 saturated heterocycles. The molecule has 5 rings (SSSR count). The van der Waals surface area contributed by atoms with E-state index in [1.54, 1.807) is 0 Å². The largest absolute Gasteiger partial charge is 0.489 e. The molecule has 0 aromatic heterocycles. The maximum Gasteiger partial charge on any atom is 0.237 e. The van der Waals surface area contributed by atoms with Crippen molar-refractivity contribution in [2.75, 3.05) is 13.1 Å². The van der Waals surface area contributed by atoms with Crippen molar-refractivity contribution < 1.29 is 24.5 Å². The van der Waals surface area contributed by atoms with Crippen molar-refractivity contribution in [2.45, 2.75) is 82.4 Å². The van der Waals surface area contributed by atoms with Gasteiger partial charge in [-0.15, -0.1) is 0 Å². The van der Waals surface area contributed by atoms with Crippen LogP contribution in [0.5, 0.6) is 5.75 Å². The number of nitrogens with zero attached hydrogens (tertiary/aromatic N) is 1. The Labute approximate surface area is 260 Å².